The molecule has 0 saturated heterocycles. The van der Waals surface area contributed by atoms with Gasteiger partial charge in [-0.2, -0.15) is 0 Å². The van der Waals surface area contributed by atoms with Crippen LogP contribution in [-0.2, 0) is 22.6 Å². The van der Waals surface area contributed by atoms with E-state index >= 15 is 0 Å². The Morgan fingerprint density at radius 3 is 2.69 bits per heavy atom. The molecule has 0 atom stereocenters. The Bertz CT molecular complexity index is 959. The summed E-state index contributed by atoms with van der Waals surface area (Å²) in [6.45, 7) is 7.87. The molecule has 0 aliphatic rings. The van der Waals surface area contributed by atoms with Gasteiger partial charge in [0.05, 0.1) is 11.2 Å². The van der Waals surface area contributed by atoms with Crippen LogP contribution in [0.5, 0.6) is 0 Å². The van der Waals surface area contributed by atoms with Gasteiger partial charge >= 0.3 is 5.97 Å². The van der Waals surface area contributed by atoms with Gasteiger partial charge in [-0.1, -0.05) is 28.9 Å². The summed E-state index contributed by atoms with van der Waals surface area (Å²) in [5, 5.41) is 5.24. The molecule has 26 heavy (non-hydrogen) atoms. The van der Waals surface area contributed by atoms with Gasteiger partial charge in [0.25, 0.3) is 0 Å². The summed E-state index contributed by atoms with van der Waals surface area (Å²) in [6, 6.07) is 5.98. The minimum Gasteiger partial charge on any atom is -0.461 e. The summed E-state index contributed by atoms with van der Waals surface area (Å²) < 4.78 is 10.5. The predicted molar refractivity (Wildman–Crippen MR) is 100 cm³/mol. The van der Waals surface area contributed by atoms with Crippen molar-refractivity contribution in [2.24, 2.45) is 0 Å². The number of carbonyl (C=O) groups is 1. The number of hydrogen-bond acceptors (Lipinski definition) is 5. The Morgan fingerprint density at radius 2 is 2.00 bits per heavy atom. The van der Waals surface area contributed by atoms with Gasteiger partial charge in [0.1, 0.15) is 17.5 Å². The van der Waals surface area contributed by atoms with Crippen molar-refractivity contribution in [3.05, 3.63) is 57.1 Å². The smallest absolute Gasteiger partial charge is 0.306 e. The summed E-state index contributed by atoms with van der Waals surface area (Å²) in [5.74, 6) is 0.448. The molecule has 6 heteroatoms. The lowest BCUT2D eigenvalue weighted by molar-refractivity contribution is -0.144. The van der Waals surface area contributed by atoms with Gasteiger partial charge in [-0.3, -0.25) is 4.79 Å². The number of fused-ring (bicyclic) bond motifs is 1. The molecule has 0 amide bonds. The maximum atomic E-state index is 12.1. The molecule has 0 unspecified atom stereocenters. The number of benzene rings is 1. The average molecular weight is 373 g/mol. The average Bonchev–Trinajstić information content (AvgIpc) is 2.93. The molecule has 5 nitrogen and oxygen atoms in total. The maximum Gasteiger partial charge on any atom is 0.306 e. The molecular weight excluding hydrogens is 352 g/mol. The number of carbonyl (C=O) groups excluding carboxylic acids is 1. The third-order valence-electron chi connectivity index (χ3n) is 4.69. The lowest BCUT2D eigenvalue weighted by atomic mass is 10.0. The van der Waals surface area contributed by atoms with Gasteiger partial charge in [0.15, 0.2) is 0 Å². The van der Waals surface area contributed by atoms with Crippen molar-refractivity contribution >= 4 is 28.5 Å². The second kappa shape index (κ2) is 7.46. The fourth-order valence-electron chi connectivity index (χ4n) is 2.92. The van der Waals surface area contributed by atoms with E-state index in [0.29, 0.717) is 17.1 Å². The van der Waals surface area contributed by atoms with Crippen LogP contribution < -0.4 is 0 Å². The molecule has 3 aromatic rings. The number of hydrogen-bond donors (Lipinski definition) is 0. The lowest BCUT2D eigenvalue weighted by Crippen LogP contribution is -2.07. The summed E-state index contributed by atoms with van der Waals surface area (Å²) in [7, 11) is 0. The number of aromatic nitrogens is 2. The molecule has 0 aliphatic heterocycles. The standard InChI is InChI=1S/C20H21ClN2O3/c1-11-5-6-15-9-16(20(21)22-19(15)12(11)2)10-25-18(24)8-7-17-13(3)23-26-14(17)4/h5-6,9H,7-8,10H2,1-4H3. The molecule has 1 aromatic carbocycles. The van der Waals surface area contributed by atoms with Gasteiger partial charge < -0.3 is 9.26 Å². The fraction of sp³-hybridized carbons (Fsp3) is 0.350. The third-order valence-corrected chi connectivity index (χ3v) is 5.01. The highest BCUT2D eigenvalue weighted by Gasteiger charge is 2.14. The van der Waals surface area contributed by atoms with Crippen molar-refractivity contribution in [2.45, 2.75) is 47.1 Å². The summed E-state index contributed by atoms with van der Waals surface area (Å²) >= 11 is 6.29. The number of rotatable bonds is 5. The van der Waals surface area contributed by atoms with E-state index in [1.165, 1.54) is 5.56 Å². The number of aryl methyl sites for hydroxylation is 4. The van der Waals surface area contributed by atoms with Crippen molar-refractivity contribution in [3.8, 4) is 0 Å². The molecule has 2 heterocycles. The first kappa shape index (κ1) is 18.4. The predicted octanol–water partition coefficient (Wildman–Crippen LogP) is 4.79. The van der Waals surface area contributed by atoms with Crippen LogP contribution in [0.1, 0.15) is 40.1 Å². The van der Waals surface area contributed by atoms with E-state index in [2.05, 4.69) is 10.1 Å². The Hall–Kier alpha value is -2.40. The van der Waals surface area contributed by atoms with Crippen LogP contribution >= 0.6 is 11.6 Å². The van der Waals surface area contributed by atoms with Crippen LogP contribution in [-0.4, -0.2) is 16.1 Å². The maximum absolute atomic E-state index is 12.1. The van der Waals surface area contributed by atoms with Crippen LogP contribution in [0.15, 0.2) is 22.7 Å². The van der Waals surface area contributed by atoms with Gasteiger partial charge in [-0.15, -0.1) is 0 Å². The number of halogens is 1. The van der Waals surface area contributed by atoms with Crippen molar-refractivity contribution in [2.75, 3.05) is 0 Å². The molecule has 136 valence electrons. The van der Waals surface area contributed by atoms with Crippen molar-refractivity contribution < 1.29 is 14.1 Å². The molecule has 0 fully saturated rings. The Balaban J connectivity index is 1.66. The number of nitrogens with zero attached hydrogens (tertiary/aromatic N) is 2. The van der Waals surface area contributed by atoms with Crippen molar-refractivity contribution in [1.82, 2.24) is 10.1 Å². The van der Waals surface area contributed by atoms with E-state index in [1.54, 1.807) is 0 Å². The zero-order valence-corrected chi connectivity index (χ0v) is 16.1. The lowest BCUT2D eigenvalue weighted by Gasteiger charge is -2.10. The Kier molecular flexibility index (Phi) is 5.28. The zero-order valence-electron chi connectivity index (χ0n) is 15.4. The quantitative estimate of drug-likeness (QED) is 0.476. The van der Waals surface area contributed by atoms with E-state index in [1.807, 2.05) is 45.9 Å². The monoisotopic (exact) mass is 372 g/mol. The van der Waals surface area contributed by atoms with Crippen LogP contribution in [0.2, 0.25) is 5.15 Å². The van der Waals surface area contributed by atoms with Gasteiger partial charge in [-0.25, -0.2) is 4.98 Å². The van der Waals surface area contributed by atoms with E-state index in [9.17, 15) is 4.79 Å². The fourth-order valence-corrected chi connectivity index (χ4v) is 3.12. The van der Waals surface area contributed by atoms with E-state index < -0.39 is 0 Å². The normalized spacial score (nSPS) is 11.1. The third kappa shape index (κ3) is 3.73. The minimum atomic E-state index is -0.291. The number of esters is 1. The van der Waals surface area contributed by atoms with Crippen LogP contribution in [0.25, 0.3) is 10.9 Å². The first-order chi connectivity index (χ1) is 12.4. The van der Waals surface area contributed by atoms with Crippen LogP contribution in [0, 0.1) is 27.7 Å². The second-order valence-electron chi connectivity index (χ2n) is 6.48. The number of pyridine rings is 1. The summed E-state index contributed by atoms with van der Waals surface area (Å²) in [5.41, 5.74) is 5.62. The number of ether oxygens (including phenoxy) is 1. The Labute approximate surface area is 157 Å². The van der Waals surface area contributed by atoms with Crippen molar-refractivity contribution in [1.29, 1.82) is 0 Å². The topological polar surface area (TPSA) is 65.2 Å². The Morgan fingerprint density at radius 1 is 1.23 bits per heavy atom. The first-order valence-corrected chi connectivity index (χ1v) is 8.87. The molecule has 2 aromatic heterocycles. The molecule has 0 bridgehead atoms. The second-order valence-corrected chi connectivity index (χ2v) is 6.84. The van der Waals surface area contributed by atoms with Gasteiger partial charge in [-0.05, 0) is 51.3 Å². The molecule has 0 N–H and O–H groups in total. The molecule has 0 spiro atoms. The van der Waals surface area contributed by atoms with E-state index in [-0.39, 0.29) is 19.0 Å². The van der Waals surface area contributed by atoms with E-state index in [4.69, 9.17) is 20.9 Å². The van der Waals surface area contributed by atoms with Crippen LogP contribution in [0.4, 0.5) is 0 Å². The van der Waals surface area contributed by atoms with Gasteiger partial charge in [0.2, 0.25) is 0 Å². The SMILES string of the molecule is Cc1ccc2cc(COC(=O)CCc3c(C)noc3C)c(Cl)nc2c1C. The zero-order chi connectivity index (χ0) is 18.8. The van der Waals surface area contributed by atoms with Crippen LogP contribution in [0.3, 0.4) is 0 Å². The minimum absolute atomic E-state index is 0.106. The molecule has 0 aliphatic carbocycles. The highest BCUT2D eigenvalue weighted by Crippen LogP contribution is 2.25. The highest BCUT2D eigenvalue weighted by molar-refractivity contribution is 6.30. The molecule has 0 saturated carbocycles. The molecule has 3 rings (SSSR count). The highest BCUT2D eigenvalue weighted by atomic mass is 35.5. The molecular formula is C20H21ClN2O3. The van der Waals surface area contributed by atoms with Crippen molar-refractivity contribution in [3.63, 3.8) is 0 Å². The largest absolute Gasteiger partial charge is 0.461 e. The first-order valence-electron chi connectivity index (χ1n) is 8.49. The van der Waals surface area contributed by atoms with E-state index in [0.717, 1.165) is 33.5 Å². The molecule has 0 radical (unpaired) electrons. The summed E-state index contributed by atoms with van der Waals surface area (Å²) in [6.07, 6.45) is 0.808. The van der Waals surface area contributed by atoms with Gasteiger partial charge in [0, 0.05) is 22.9 Å². The summed E-state index contributed by atoms with van der Waals surface area (Å²) in [4.78, 5) is 16.5.